The lowest BCUT2D eigenvalue weighted by atomic mass is 9.91. The highest BCUT2D eigenvalue weighted by Crippen LogP contribution is 2.23. The molecule has 0 saturated carbocycles. The van der Waals surface area contributed by atoms with E-state index < -0.39 is 0 Å². The Kier molecular flexibility index (Phi) is 4.97. The average molecular weight is 216 g/mol. The molecule has 1 heteroatoms. The van der Waals surface area contributed by atoms with Crippen LogP contribution in [0.15, 0.2) is 42.0 Å². The van der Waals surface area contributed by atoms with Gasteiger partial charge in [0.15, 0.2) is 5.78 Å². The molecule has 16 heavy (non-hydrogen) atoms. The summed E-state index contributed by atoms with van der Waals surface area (Å²) in [5.41, 5.74) is 2.34. The van der Waals surface area contributed by atoms with E-state index in [4.69, 9.17) is 0 Å². The Morgan fingerprint density at radius 2 is 1.88 bits per heavy atom. The molecule has 1 rings (SSSR count). The number of hydrogen-bond donors (Lipinski definition) is 0. The quantitative estimate of drug-likeness (QED) is 0.677. The summed E-state index contributed by atoms with van der Waals surface area (Å²) in [6, 6.07) is 10.3. The zero-order valence-electron chi connectivity index (χ0n) is 10.4. The van der Waals surface area contributed by atoms with Crippen molar-refractivity contribution >= 4 is 5.78 Å². The van der Waals surface area contributed by atoms with Gasteiger partial charge in [0.05, 0.1) is 0 Å². The summed E-state index contributed by atoms with van der Waals surface area (Å²) >= 11 is 0. The molecule has 1 nitrogen and oxygen atoms in total. The van der Waals surface area contributed by atoms with Gasteiger partial charge in [0.25, 0.3) is 0 Å². The largest absolute Gasteiger partial charge is 0.295 e. The van der Waals surface area contributed by atoms with Crippen molar-refractivity contribution < 1.29 is 4.79 Å². The van der Waals surface area contributed by atoms with Crippen molar-refractivity contribution in [2.45, 2.75) is 39.5 Å². The standard InChI is InChI=1S/C15H20O/c1-4-13(11-15(16)10-12(2)3)14-8-6-5-7-9-14/h5-10,13H,4,11H2,1-3H3. The van der Waals surface area contributed by atoms with Crippen LogP contribution in [-0.4, -0.2) is 5.78 Å². The Morgan fingerprint density at radius 3 is 2.38 bits per heavy atom. The smallest absolute Gasteiger partial charge is 0.156 e. The number of rotatable bonds is 5. The molecule has 1 atom stereocenters. The lowest BCUT2D eigenvalue weighted by Gasteiger charge is -2.13. The monoisotopic (exact) mass is 216 g/mol. The van der Waals surface area contributed by atoms with Crippen LogP contribution in [0.5, 0.6) is 0 Å². The highest BCUT2D eigenvalue weighted by Gasteiger charge is 2.12. The maximum absolute atomic E-state index is 11.7. The molecule has 0 aliphatic rings. The predicted molar refractivity (Wildman–Crippen MR) is 68.5 cm³/mol. The van der Waals surface area contributed by atoms with E-state index in [1.54, 1.807) is 6.08 Å². The van der Waals surface area contributed by atoms with Gasteiger partial charge in [-0.3, -0.25) is 4.79 Å². The van der Waals surface area contributed by atoms with Gasteiger partial charge >= 0.3 is 0 Å². The summed E-state index contributed by atoms with van der Waals surface area (Å²) < 4.78 is 0. The minimum atomic E-state index is 0.232. The lowest BCUT2D eigenvalue weighted by Crippen LogP contribution is -2.04. The molecular formula is C15H20O. The summed E-state index contributed by atoms with van der Waals surface area (Å²) in [6.07, 6.45) is 3.36. The summed E-state index contributed by atoms with van der Waals surface area (Å²) in [7, 11) is 0. The fourth-order valence-electron chi connectivity index (χ4n) is 1.85. The van der Waals surface area contributed by atoms with Crippen molar-refractivity contribution in [2.24, 2.45) is 0 Å². The number of carbonyl (C=O) groups is 1. The SMILES string of the molecule is CCC(CC(=O)C=C(C)C)c1ccccc1. The molecule has 0 spiro atoms. The maximum atomic E-state index is 11.7. The normalized spacial score (nSPS) is 11.9. The summed E-state index contributed by atoms with van der Waals surface area (Å²) in [4.78, 5) is 11.7. The molecule has 1 aromatic rings. The number of allylic oxidation sites excluding steroid dienone is 2. The van der Waals surface area contributed by atoms with E-state index in [9.17, 15) is 4.79 Å². The second-order valence-electron chi connectivity index (χ2n) is 4.41. The van der Waals surface area contributed by atoms with Crippen LogP contribution in [0.4, 0.5) is 0 Å². The third kappa shape index (κ3) is 4.01. The lowest BCUT2D eigenvalue weighted by molar-refractivity contribution is -0.115. The van der Waals surface area contributed by atoms with E-state index in [2.05, 4.69) is 19.1 Å². The van der Waals surface area contributed by atoms with Crippen molar-refractivity contribution in [3.8, 4) is 0 Å². The van der Waals surface area contributed by atoms with Gasteiger partial charge in [0.1, 0.15) is 0 Å². The number of ketones is 1. The van der Waals surface area contributed by atoms with E-state index in [-0.39, 0.29) is 5.78 Å². The van der Waals surface area contributed by atoms with Crippen LogP contribution in [0.1, 0.15) is 45.1 Å². The first-order valence-electron chi connectivity index (χ1n) is 5.86. The van der Waals surface area contributed by atoms with Gasteiger partial charge in [0, 0.05) is 6.42 Å². The molecule has 0 N–H and O–H groups in total. The molecule has 1 unspecified atom stereocenters. The Hall–Kier alpha value is -1.37. The van der Waals surface area contributed by atoms with Crippen LogP contribution < -0.4 is 0 Å². The van der Waals surface area contributed by atoms with Crippen LogP contribution in [0, 0.1) is 0 Å². The predicted octanol–water partition coefficient (Wildman–Crippen LogP) is 4.11. The molecule has 86 valence electrons. The second kappa shape index (κ2) is 6.26. The minimum absolute atomic E-state index is 0.232. The van der Waals surface area contributed by atoms with Crippen molar-refractivity contribution in [1.29, 1.82) is 0 Å². The van der Waals surface area contributed by atoms with Gasteiger partial charge in [-0.15, -0.1) is 0 Å². The van der Waals surface area contributed by atoms with Crippen LogP contribution in [-0.2, 0) is 4.79 Å². The fraction of sp³-hybridized carbons (Fsp3) is 0.400. The highest BCUT2D eigenvalue weighted by atomic mass is 16.1. The fourth-order valence-corrected chi connectivity index (χ4v) is 1.85. The van der Waals surface area contributed by atoms with Gasteiger partial charge in [0.2, 0.25) is 0 Å². The van der Waals surface area contributed by atoms with Gasteiger partial charge in [-0.2, -0.15) is 0 Å². The van der Waals surface area contributed by atoms with Crippen molar-refractivity contribution in [3.05, 3.63) is 47.5 Å². The number of benzene rings is 1. The van der Waals surface area contributed by atoms with Gasteiger partial charge in [-0.05, 0) is 37.8 Å². The molecule has 0 heterocycles. The first-order valence-corrected chi connectivity index (χ1v) is 5.86. The Morgan fingerprint density at radius 1 is 1.25 bits per heavy atom. The molecule has 0 aliphatic carbocycles. The van der Waals surface area contributed by atoms with Crippen LogP contribution in [0.3, 0.4) is 0 Å². The Bertz CT molecular complexity index is 358. The van der Waals surface area contributed by atoms with Crippen molar-refractivity contribution in [1.82, 2.24) is 0 Å². The maximum Gasteiger partial charge on any atom is 0.156 e. The van der Waals surface area contributed by atoms with Crippen LogP contribution in [0.25, 0.3) is 0 Å². The average Bonchev–Trinajstić information content (AvgIpc) is 2.26. The van der Waals surface area contributed by atoms with Crippen molar-refractivity contribution in [3.63, 3.8) is 0 Å². The Balaban J connectivity index is 2.70. The molecule has 0 aliphatic heterocycles. The summed E-state index contributed by atoms with van der Waals surface area (Å²) in [6.45, 7) is 6.05. The second-order valence-corrected chi connectivity index (χ2v) is 4.41. The van der Waals surface area contributed by atoms with Crippen LogP contribution in [0.2, 0.25) is 0 Å². The van der Waals surface area contributed by atoms with E-state index >= 15 is 0 Å². The molecule has 0 fully saturated rings. The van der Waals surface area contributed by atoms with E-state index in [1.807, 2.05) is 32.0 Å². The topological polar surface area (TPSA) is 17.1 Å². The zero-order chi connectivity index (χ0) is 12.0. The van der Waals surface area contributed by atoms with E-state index in [0.29, 0.717) is 12.3 Å². The molecule has 0 radical (unpaired) electrons. The molecule has 0 amide bonds. The molecule has 0 saturated heterocycles. The van der Waals surface area contributed by atoms with Crippen LogP contribution >= 0.6 is 0 Å². The number of hydrogen-bond acceptors (Lipinski definition) is 1. The summed E-state index contributed by atoms with van der Waals surface area (Å²) in [5, 5.41) is 0. The first-order chi connectivity index (χ1) is 7.63. The van der Waals surface area contributed by atoms with E-state index in [1.165, 1.54) is 5.56 Å². The third-order valence-corrected chi connectivity index (χ3v) is 2.66. The van der Waals surface area contributed by atoms with Gasteiger partial charge < -0.3 is 0 Å². The van der Waals surface area contributed by atoms with E-state index in [0.717, 1.165) is 12.0 Å². The number of carbonyl (C=O) groups excluding carboxylic acids is 1. The molecule has 0 bridgehead atoms. The van der Waals surface area contributed by atoms with Gasteiger partial charge in [-0.25, -0.2) is 0 Å². The van der Waals surface area contributed by atoms with Gasteiger partial charge in [-0.1, -0.05) is 42.8 Å². The minimum Gasteiger partial charge on any atom is -0.295 e. The molecule has 0 aromatic heterocycles. The first kappa shape index (κ1) is 12.7. The highest BCUT2D eigenvalue weighted by molar-refractivity contribution is 5.90. The Labute approximate surface area is 98.2 Å². The molecular weight excluding hydrogens is 196 g/mol. The molecule has 1 aromatic carbocycles. The van der Waals surface area contributed by atoms with Crippen molar-refractivity contribution in [2.75, 3.05) is 0 Å². The summed E-state index contributed by atoms with van der Waals surface area (Å²) in [5.74, 6) is 0.583. The zero-order valence-corrected chi connectivity index (χ0v) is 10.4. The third-order valence-electron chi connectivity index (χ3n) is 2.66.